The van der Waals surface area contributed by atoms with Gasteiger partial charge in [0.2, 0.25) is 0 Å². The van der Waals surface area contributed by atoms with Crippen molar-refractivity contribution in [2.45, 2.75) is 6.42 Å². The van der Waals surface area contributed by atoms with Crippen molar-refractivity contribution >= 4 is 33.9 Å². The molecule has 0 aliphatic carbocycles. The molecule has 4 rings (SSSR count). The molecule has 0 fully saturated rings. The summed E-state index contributed by atoms with van der Waals surface area (Å²) < 4.78 is 0. The fourth-order valence-electron chi connectivity index (χ4n) is 3.57. The van der Waals surface area contributed by atoms with Crippen LogP contribution < -0.4 is 16.0 Å². The van der Waals surface area contributed by atoms with Gasteiger partial charge in [-0.3, -0.25) is 4.98 Å². The number of aromatic nitrogens is 1. The minimum absolute atomic E-state index is 0.743. The van der Waals surface area contributed by atoms with Crippen molar-refractivity contribution in [3.8, 4) is 11.1 Å². The fraction of sp³-hybridized carbons (Fsp3) is 0.130. The maximum Gasteiger partial charge on any atom is 0.0738 e. The highest BCUT2D eigenvalue weighted by molar-refractivity contribution is 6.09. The molecule has 0 amide bonds. The molecule has 0 atom stereocenters. The molecule has 1 aliphatic heterocycles. The third-order valence-electron chi connectivity index (χ3n) is 4.91. The number of anilines is 2. The van der Waals surface area contributed by atoms with Crippen molar-refractivity contribution < 1.29 is 0 Å². The van der Waals surface area contributed by atoms with E-state index in [1.807, 2.05) is 19.3 Å². The first-order valence-corrected chi connectivity index (χ1v) is 9.30. The van der Waals surface area contributed by atoms with Gasteiger partial charge < -0.3 is 21.4 Å². The van der Waals surface area contributed by atoms with Crippen molar-refractivity contribution in [3.63, 3.8) is 0 Å². The second-order valence-corrected chi connectivity index (χ2v) is 6.76. The zero-order chi connectivity index (χ0) is 19.5. The third kappa shape index (κ3) is 3.22. The number of nitrogens with one attached hydrogen (secondary N) is 4. The number of fused-ring (bicyclic) bond motifs is 2. The van der Waals surface area contributed by atoms with Gasteiger partial charge in [0.25, 0.3) is 0 Å². The maximum atomic E-state index is 7.63. The molecule has 5 nitrogen and oxygen atoms in total. The number of allylic oxidation sites excluding steroid dienone is 1. The quantitative estimate of drug-likeness (QED) is 0.496. The van der Waals surface area contributed by atoms with Gasteiger partial charge in [-0.1, -0.05) is 36.9 Å². The lowest BCUT2D eigenvalue weighted by molar-refractivity contribution is 1.03. The molecular weight excluding hydrogens is 346 g/mol. The molecule has 3 aromatic rings. The summed E-state index contributed by atoms with van der Waals surface area (Å²) in [7, 11) is 1.82. The zero-order valence-corrected chi connectivity index (χ0v) is 15.8. The molecule has 0 bridgehead atoms. The van der Waals surface area contributed by atoms with Gasteiger partial charge in [-0.05, 0) is 23.1 Å². The van der Waals surface area contributed by atoms with E-state index in [1.54, 1.807) is 6.20 Å². The van der Waals surface area contributed by atoms with Gasteiger partial charge in [0.1, 0.15) is 0 Å². The smallest absolute Gasteiger partial charge is 0.0738 e. The van der Waals surface area contributed by atoms with Crippen LogP contribution in [0, 0.1) is 5.41 Å². The molecule has 1 aliphatic rings. The van der Waals surface area contributed by atoms with E-state index in [0.29, 0.717) is 0 Å². The largest absolute Gasteiger partial charge is 0.393 e. The molecule has 0 saturated carbocycles. The summed E-state index contributed by atoms with van der Waals surface area (Å²) in [5.74, 6) is 0. The summed E-state index contributed by atoms with van der Waals surface area (Å²) in [4.78, 5) is 4.62. The van der Waals surface area contributed by atoms with Crippen molar-refractivity contribution in [1.29, 1.82) is 5.41 Å². The Labute approximate surface area is 164 Å². The molecule has 5 heteroatoms. The summed E-state index contributed by atoms with van der Waals surface area (Å²) in [6, 6.07) is 14.6. The number of hydrogen-bond acceptors (Lipinski definition) is 5. The number of hydrogen-bond donors (Lipinski definition) is 4. The van der Waals surface area contributed by atoms with Crippen LogP contribution in [0.1, 0.15) is 12.1 Å². The number of rotatable bonds is 4. The molecule has 0 unspecified atom stereocenters. The van der Waals surface area contributed by atoms with Crippen LogP contribution in [0.5, 0.6) is 0 Å². The highest BCUT2D eigenvalue weighted by atomic mass is 15.0. The predicted molar refractivity (Wildman–Crippen MR) is 119 cm³/mol. The Morgan fingerprint density at radius 3 is 2.86 bits per heavy atom. The molecule has 0 saturated heterocycles. The molecule has 0 spiro atoms. The molecule has 1 aromatic heterocycles. The van der Waals surface area contributed by atoms with Crippen LogP contribution in [0.2, 0.25) is 0 Å². The normalized spacial score (nSPS) is 13.9. The first kappa shape index (κ1) is 17.8. The van der Waals surface area contributed by atoms with Crippen LogP contribution in [-0.2, 0) is 0 Å². The van der Waals surface area contributed by atoms with Gasteiger partial charge in [0.15, 0.2) is 0 Å². The van der Waals surface area contributed by atoms with Crippen LogP contribution in [0.4, 0.5) is 11.4 Å². The Balaban J connectivity index is 1.87. The third-order valence-corrected chi connectivity index (χ3v) is 4.91. The highest BCUT2D eigenvalue weighted by Crippen LogP contribution is 2.39. The van der Waals surface area contributed by atoms with Crippen LogP contribution in [0.25, 0.3) is 27.5 Å². The van der Waals surface area contributed by atoms with Gasteiger partial charge in [-0.25, -0.2) is 0 Å². The first-order valence-electron chi connectivity index (χ1n) is 9.30. The summed E-state index contributed by atoms with van der Waals surface area (Å²) in [6.07, 6.45) is 5.88. The summed E-state index contributed by atoms with van der Waals surface area (Å²) in [6.45, 7) is 4.93. The SMILES string of the molecule is C=C1CCNc2c(cccc2-c2cccc3cc(/C(C=N)=C/NC)ncc23)N1. The van der Waals surface area contributed by atoms with Crippen molar-refractivity contribution in [1.82, 2.24) is 10.3 Å². The fourth-order valence-corrected chi connectivity index (χ4v) is 3.57. The van der Waals surface area contributed by atoms with Gasteiger partial charge in [0.05, 0.1) is 17.1 Å². The average Bonchev–Trinajstić information content (AvgIpc) is 2.91. The Hall–Kier alpha value is -3.60. The summed E-state index contributed by atoms with van der Waals surface area (Å²) in [5.41, 5.74) is 6.94. The van der Waals surface area contributed by atoms with Crippen LogP contribution in [0.15, 0.2) is 67.1 Å². The second kappa shape index (κ2) is 7.56. The van der Waals surface area contributed by atoms with Crippen LogP contribution in [0.3, 0.4) is 0 Å². The standard InChI is InChI=1S/C23H23N5/c1-15-9-10-26-23-19(7-4-8-21(23)28-15)18-6-3-5-16-11-22(27-14-20(16)18)17(12-24)13-25-2/h3-8,11-14,24-26,28H,1,9-10H2,2H3/b17-13+,24-12?. The second-order valence-electron chi connectivity index (χ2n) is 6.76. The Morgan fingerprint density at radius 2 is 2.04 bits per heavy atom. The van der Waals surface area contributed by atoms with E-state index >= 15 is 0 Å². The Morgan fingerprint density at radius 1 is 1.21 bits per heavy atom. The molecule has 0 radical (unpaired) electrons. The molecule has 28 heavy (non-hydrogen) atoms. The van der Waals surface area contributed by atoms with E-state index in [0.717, 1.165) is 63.2 Å². The lowest BCUT2D eigenvalue weighted by Gasteiger charge is -2.16. The van der Waals surface area contributed by atoms with Crippen molar-refractivity contribution in [2.24, 2.45) is 0 Å². The minimum Gasteiger partial charge on any atom is -0.393 e. The van der Waals surface area contributed by atoms with Gasteiger partial charge in [-0.2, -0.15) is 0 Å². The summed E-state index contributed by atoms with van der Waals surface area (Å²) >= 11 is 0. The lowest BCUT2D eigenvalue weighted by atomic mass is 9.96. The van der Waals surface area contributed by atoms with E-state index in [1.165, 1.54) is 6.21 Å². The van der Waals surface area contributed by atoms with Crippen molar-refractivity contribution in [2.75, 3.05) is 24.2 Å². The number of pyridine rings is 1. The summed E-state index contributed by atoms with van der Waals surface area (Å²) in [5, 5.41) is 19.7. The minimum atomic E-state index is 0.743. The molecule has 2 aromatic carbocycles. The van der Waals surface area contributed by atoms with Gasteiger partial charge in [0, 0.05) is 60.8 Å². The Kier molecular flexibility index (Phi) is 4.81. The van der Waals surface area contributed by atoms with E-state index in [4.69, 9.17) is 5.41 Å². The van der Waals surface area contributed by atoms with E-state index in [-0.39, 0.29) is 0 Å². The van der Waals surface area contributed by atoms with E-state index in [9.17, 15) is 0 Å². The van der Waals surface area contributed by atoms with Crippen LogP contribution >= 0.6 is 0 Å². The average molecular weight is 369 g/mol. The molecule has 140 valence electrons. The van der Waals surface area contributed by atoms with Gasteiger partial charge >= 0.3 is 0 Å². The van der Waals surface area contributed by atoms with E-state index in [2.05, 4.69) is 63.9 Å². The lowest BCUT2D eigenvalue weighted by Crippen LogP contribution is -2.01. The van der Waals surface area contributed by atoms with E-state index < -0.39 is 0 Å². The number of nitrogens with zero attached hydrogens (tertiary/aromatic N) is 1. The number of para-hydroxylation sites is 1. The maximum absolute atomic E-state index is 7.63. The topological polar surface area (TPSA) is 72.8 Å². The predicted octanol–water partition coefficient (Wildman–Crippen LogP) is 4.85. The monoisotopic (exact) mass is 369 g/mol. The molecule has 2 heterocycles. The first-order chi connectivity index (χ1) is 13.7. The Bertz CT molecular complexity index is 1100. The van der Waals surface area contributed by atoms with Crippen LogP contribution in [-0.4, -0.2) is 24.8 Å². The molecular formula is C23H23N5. The van der Waals surface area contributed by atoms with Gasteiger partial charge in [-0.15, -0.1) is 0 Å². The number of benzene rings is 2. The highest BCUT2D eigenvalue weighted by Gasteiger charge is 2.16. The molecule has 4 N–H and O–H groups in total. The van der Waals surface area contributed by atoms with Crippen molar-refractivity contribution in [3.05, 3.63) is 72.8 Å². The zero-order valence-electron chi connectivity index (χ0n) is 15.8.